The lowest BCUT2D eigenvalue weighted by molar-refractivity contribution is -0.176. The van der Waals surface area contributed by atoms with Gasteiger partial charge in [0.2, 0.25) is 0 Å². The van der Waals surface area contributed by atoms with Crippen LogP contribution in [-0.2, 0) is 16.1 Å². The van der Waals surface area contributed by atoms with Crippen molar-refractivity contribution in [2.24, 2.45) is 0 Å². The van der Waals surface area contributed by atoms with Gasteiger partial charge in [-0.2, -0.15) is 13.2 Å². The second-order valence-electron chi connectivity index (χ2n) is 4.95. The van der Waals surface area contributed by atoms with E-state index in [4.69, 9.17) is 9.84 Å². The molecular weight excluding hydrogens is 335 g/mol. The number of benzene rings is 1. The molecule has 0 radical (unpaired) electrons. The first kappa shape index (κ1) is 17.9. The maximum atomic E-state index is 12.2. The fourth-order valence-corrected chi connectivity index (χ4v) is 3.38. The lowest BCUT2D eigenvalue weighted by Crippen LogP contribution is -2.33. The highest BCUT2D eigenvalue weighted by atomic mass is 32.2. The van der Waals surface area contributed by atoms with Gasteiger partial charge in [0.25, 0.3) is 0 Å². The molecule has 0 aromatic heterocycles. The minimum absolute atomic E-state index is 0.233. The first-order valence-corrected chi connectivity index (χ1v) is 7.77. The standard InChI is InChI=1S/C14H16F3NO4S/c1-21-11-3-2-8(12-18-10(6-23-12)13(19)20)4-9(11)5-22-7-14(15,16)17/h2-4,10,12,18H,5-7H2,1H3,(H,19,20)/t10-,12+/m1/s1. The third kappa shape index (κ3) is 5.02. The monoisotopic (exact) mass is 351 g/mol. The Bertz CT molecular complexity index is 567. The number of aliphatic carboxylic acids is 1. The Morgan fingerprint density at radius 2 is 2.22 bits per heavy atom. The third-order valence-electron chi connectivity index (χ3n) is 3.21. The molecule has 23 heavy (non-hydrogen) atoms. The lowest BCUT2D eigenvalue weighted by Gasteiger charge is -2.16. The Labute approximate surface area is 135 Å². The van der Waals surface area contributed by atoms with Gasteiger partial charge >= 0.3 is 12.1 Å². The van der Waals surface area contributed by atoms with E-state index in [1.807, 2.05) is 0 Å². The SMILES string of the molecule is COc1ccc([C@H]2N[C@@H](C(=O)O)CS2)cc1COCC(F)(F)F. The van der Waals surface area contributed by atoms with E-state index in [-0.39, 0.29) is 12.0 Å². The second-order valence-corrected chi connectivity index (χ2v) is 6.09. The molecule has 2 rings (SSSR count). The summed E-state index contributed by atoms with van der Waals surface area (Å²) in [6.07, 6.45) is -4.39. The molecule has 1 aliphatic rings. The van der Waals surface area contributed by atoms with E-state index >= 15 is 0 Å². The van der Waals surface area contributed by atoms with Crippen molar-refractivity contribution in [2.45, 2.75) is 24.2 Å². The van der Waals surface area contributed by atoms with Crippen LogP contribution in [0.1, 0.15) is 16.5 Å². The van der Waals surface area contributed by atoms with E-state index in [1.165, 1.54) is 18.9 Å². The zero-order valence-corrected chi connectivity index (χ0v) is 13.0. The highest BCUT2D eigenvalue weighted by molar-refractivity contribution is 7.99. The molecule has 2 N–H and O–H groups in total. The van der Waals surface area contributed by atoms with Crippen molar-refractivity contribution in [3.8, 4) is 5.75 Å². The summed E-state index contributed by atoms with van der Waals surface area (Å²) in [5.74, 6) is -0.0812. The molecule has 0 aliphatic carbocycles. The van der Waals surface area contributed by atoms with Crippen molar-refractivity contribution >= 4 is 17.7 Å². The summed E-state index contributed by atoms with van der Waals surface area (Å²) in [6, 6.07) is 4.42. The number of thioether (sulfide) groups is 1. The molecular formula is C14H16F3NO4S. The Balaban J connectivity index is 2.08. The molecule has 0 spiro atoms. The number of carboxylic acid groups (broad SMARTS) is 1. The fourth-order valence-electron chi connectivity index (χ4n) is 2.16. The van der Waals surface area contributed by atoms with Gasteiger partial charge in [-0.05, 0) is 17.7 Å². The van der Waals surface area contributed by atoms with Crippen LogP contribution in [0.5, 0.6) is 5.75 Å². The Kier molecular flexibility index (Phi) is 5.77. The van der Waals surface area contributed by atoms with Gasteiger partial charge in [0.05, 0.1) is 19.1 Å². The van der Waals surface area contributed by atoms with Crippen molar-refractivity contribution in [1.82, 2.24) is 5.32 Å². The zero-order valence-electron chi connectivity index (χ0n) is 12.2. The van der Waals surface area contributed by atoms with Crippen molar-refractivity contribution in [2.75, 3.05) is 19.5 Å². The van der Waals surface area contributed by atoms with Crippen LogP contribution in [0.3, 0.4) is 0 Å². The summed E-state index contributed by atoms with van der Waals surface area (Å²) < 4.78 is 46.3. The number of carboxylic acids is 1. The number of hydrogen-bond donors (Lipinski definition) is 2. The Morgan fingerprint density at radius 3 is 2.78 bits per heavy atom. The van der Waals surface area contributed by atoms with Crippen LogP contribution in [-0.4, -0.2) is 42.8 Å². The van der Waals surface area contributed by atoms with Crippen LogP contribution in [0.4, 0.5) is 13.2 Å². The minimum atomic E-state index is -4.39. The molecule has 0 unspecified atom stereocenters. The Morgan fingerprint density at radius 1 is 1.48 bits per heavy atom. The predicted octanol–water partition coefficient (Wildman–Crippen LogP) is 2.56. The number of alkyl halides is 3. The van der Waals surface area contributed by atoms with E-state index in [0.29, 0.717) is 17.1 Å². The number of rotatable bonds is 6. The molecule has 1 fully saturated rings. The summed E-state index contributed by atoms with van der Waals surface area (Å²) in [5, 5.41) is 11.7. The minimum Gasteiger partial charge on any atom is -0.496 e. The van der Waals surface area contributed by atoms with Gasteiger partial charge in [-0.25, -0.2) is 0 Å². The molecule has 128 valence electrons. The Hall–Kier alpha value is -1.45. The van der Waals surface area contributed by atoms with Crippen LogP contribution >= 0.6 is 11.8 Å². The highest BCUT2D eigenvalue weighted by Crippen LogP contribution is 2.35. The van der Waals surface area contributed by atoms with Gasteiger partial charge in [0, 0.05) is 11.3 Å². The molecule has 0 saturated carbocycles. The van der Waals surface area contributed by atoms with E-state index < -0.39 is 24.8 Å². The molecule has 0 bridgehead atoms. The largest absolute Gasteiger partial charge is 0.496 e. The quantitative estimate of drug-likeness (QED) is 0.821. The molecule has 5 nitrogen and oxygen atoms in total. The topological polar surface area (TPSA) is 67.8 Å². The highest BCUT2D eigenvalue weighted by Gasteiger charge is 2.31. The molecule has 1 aromatic rings. The summed E-state index contributed by atoms with van der Waals surface area (Å²) in [4.78, 5) is 11.0. The van der Waals surface area contributed by atoms with E-state index in [2.05, 4.69) is 10.1 Å². The third-order valence-corrected chi connectivity index (χ3v) is 4.48. The van der Waals surface area contributed by atoms with Crippen molar-refractivity contribution in [3.63, 3.8) is 0 Å². The lowest BCUT2D eigenvalue weighted by atomic mass is 10.1. The molecule has 1 aliphatic heterocycles. The van der Waals surface area contributed by atoms with E-state index in [9.17, 15) is 18.0 Å². The summed E-state index contributed by atoms with van der Waals surface area (Å²) in [6.45, 7) is -1.58. The van der Waals surface area contributed by atoms with Gasteiger partial charge in [-0.1, -0.05) is 6.07 Å². The molecule has 0 amide bonds. The first-order chi connectivity index (χ1) is 10.8. The molecule has 1 aromatic carbocycles. The summed E-state index contributed by atoms with van der Waals surface area (Å²) in [5.41, 5.74) is 1.25. The molecule has 1 heterocycles. The number of carbonyl (C=O) groups is 1. The van der Waals surface area contributed by atoms with Crippen LogP contribution in [0.2, 0.25) is 0 Å². The van der Waals surface area contributed by atoms with Crippen LogP contribution in [0, 0.1) is 0 Å². The van der Waals surface area contributed by atoms with Gasteiger partial charge < -0.3 is 14.6 Å². The molecule has 1 saturated heterocycles. The molecule has 9 heteroatoms. The summed E-state index contributed by atoms with van der Waals surface area (Å²) in [7, 11) is 1.42. The normalized spacial score (nSPS) is 21.4. The van der Waals surface area contributed by atoms with Gasteiger partial charge in [-0.3, -0.25) is 10.1 Å². The number of halogens is 3. The van der Waals surface area contributed by atoms with Crippen LogP contribution < -0.4 is 10.1 Å². The first-order valence-electron chi connectivity index (χ1n) is 6.72. The van der Waals surface area contributed by atoms with E-state index in [1.54, 1.807) is 18.2 Å². The van der Waals surface area contributed by atoms with Gasteiger partial charge in [-0.15, -0.1) is 11.8 Å². The number of nitrogens with one attached hydrogen (secondary N) is 1. The average Bonchev–Trinajstić information content (AvgIpc) is 2.96. The van der Waals surface area contributed by atoms with Crippen LogP contribution in [0.15, 0.2) is 18.2 Å². The maximum Gasteiger partial charge on any atom is 0.411 e. The van der Waals surface area contributed by atoms with Gasteiger partial charge in [0.1, 0.15) is 18.4 Å². The fraction of sp³-hybridized carbons (Fsp3) is 0.500. The number of methoxy groups -OCH3 is 1. The summed E-state index contributed by atoms with van der Waals surface area (Å²) >= 11 is 1.43. The zero-order chi connectivity index (χ0) is 17.0. The van der Waals surface area contributed by atoms with Crippen LogP contribution in [0.25, 0.3) is 0 Å². The average molecular weight is 351 g/mol. The smallest absolute Gasteiger partial charge is 0.411 e. The van der Waals surface area contributed by atoms with E-state index in [0.717, 1.165) is 5.56 Å². The molecule has 2 atom stereocenters. The van der Waals surface area contributed by atoms with Crippen molar-refractivity contribution < 1.29 is 32.5 Å². The number of hydrogen-bond acceptors (Lipinski definition) is 5. The predicted molar refractivity (Wildman–Crippen MR) is 78.5 cm³/mol. The van der Waals surface area contributed by atoms with Gasteiger partial charge in [0.15, 0.2) is 0 Å². The van der Waals surface area contributed by atoms with Crippen molar-refractivity contribution in [3.05, 3.63) is 29.3 Å². The number of ether oxygens (including phenoxy) is 2. The maximum absolute atomic E-state index is 12.2. The van der Waals surface area contributed by atoms with Crippen molar-refractivity contribution in [1.29, 1.82) is 0 Å². The second kappa shape index (κ2) is 7.41.